The number of hydrogen-bond donors (Lipinski definition) is 2. The fourth-order valence-corrected chi connectivity index (χ4v) is 1.77. The number of hydrogen-bond acceptors (Lipinski definition) is 4. The van der Waals surface area contributed by atoms with Crippen molar-refractivity contribution >= 4 is 0 Å². The highest BCUT2D eigenvalue weighted by Crippen LogP contribution is 2.23. The van der Waals surface area contributed by atoms with E-state index in [1.54, 1.807) is 6.26 Å². The van der Waals surface area contributed by atoms with Gasteiger partial charge in [-0.15, -0.1) is 0 Å². The molecule has 4 nitrogen and oxygen atoms in total. The van der Waals surface area contributed by atoms with E-state index in [9.17, 15) is 0 Å². The largest absolute Gasteiger partial charge is 0.494 e. The monoisotopic (exact) mass is 246 g/mol. The smallest absolute Gasteiger partial charge is 0.126 e. The SMILES string of the molecule is CCCOc1ccc(C(NN)c2ccco2)cc1. The summed E-state index contributed by atoms with van der Waals surface area (Å²) in [5.41, 5.74) is 3.79. The predicted molar refractivity (Wildman–Crippen MR) is 70.1 cm³/mol. The highest BCUT2D eigenvalue weighted by Gasteiger charge is 2.14. The molecule has 1 aromatic heterocycles. The van der Waals surface area contributed by atoms with Crippen molar-refractivity contribution in [3.8, 4) is 5.75 Å². The summed E-state index contributed by atoms with van der Waals surface area (Å²) in [6.07, 6.45) is 2.64. The summed E-state index contributed by atoms with van der Waals surface area (Å²) >= 11 is 0. The standard InChI is InChI=1S/C14H18N2O2/c1-2-9-17-12-7-5-11(6-8-12)14(16-15)13-4-3-10-18-13/h3-8,10,14,16H,2,9,15H2,1H3. The van der Waals surface area contributed by atoms with Gasteiger partial charge in [-0.2, -0.15) is 0 Å². The van der Waals surface area contributed by atoms with Crippen molar-refractivity contribution in [2.45, 2.75) is 19.4 Å². The van der Waals surface area contributed by atoms with E-state index in [4.69, 9.17) is 15.0 Å². The summed E-state index contributed by atoms with van der Waals surface area (Å²) in [5.74, 6) is 7.24. The number of nitrogens with two attached hydrogens (primary N) is 1. The molecule has 0 amide bonds. The molecule has 1 atom stereocenters. The number of benzene rings is 1. The van der Waals surface area contributed by atoms with Crippen LogP contribution in [0.5, 0.6) is 5.75 Å². The molecule has 0 saturated heterocycles. The Morgan fingerprint density at radius 1 is 1.28 bits per heavy atom. The average molecular weight is 246 g/mol. The number of hydrazine groups is 1. The maximum Gasteiger partial charge on any atom is 0.126 e. The van der Waals surface area contributed by atoms with Gasteiger partial charge in [0.15, 0.2) is 0 Å². The van der Waals surface area contributed by atoms with Gasteiger partial charge in [-0.1, -0.05) is 19.1 Å². The molecule has 3 N–H and O–H groups in total. The zero-order valence-electron chi connectivity index (χ0n) is 10.4. The first-order valence-electron chi connectivity index (χ1n) is 6.07. The van der Waals surface area contributed by atoms with Crippen LogP contribution in [0.25, 0.3) is 0 Å². The van der Waals surface area contributed by atoms with Crippen LogP contribution in [0.3, 0.4) is 0 Å². The molecule has 1 heterocycles. The van der Waals surface area contributed by atoms with E-state index in [1.807, 2.05) is 36.4 Å². The molecule has 0 saturated carbocycles. The second kappa shape index (κ2) is 6.23. The van der Waals surface area contributed by atoms with Gasteiger partial charge in [0, 0.05) is 0 Å². The van der Waals surface area contributed by atoms with Crippen LogP contribution in [0.2, 0.25) is 0 Å². The molecule has 4 heteroatoms. The number of nitrogens with one attached hydrogen (secondary N) is 1. The maximum absolute atomic E-state index is 5.57. The van der Waals surface area contributed by atoms with Crippen LogP contribution in [-0.2, 0) is 0 Å². The zero-order valence-corrected chi connectivity index (χ0v) is 10.4. The van der Waals surface area contributed by atoms with Gasteiger partial charge < -0.3 is 9.15 Å². The molecule has 0 aliphatic carbocycles. The Bertz CT molecular complexity index is 451. The van der Waals surface area contributed by atoms with Gasteiger partial charge in [0.1, 0.15) is 17.6 Å². The van der Waals surface area contributed by atoms with E-state index in [-0.39, 0.29) is 6.04 Å². The minimum Gasteiger partial charge on any atom is -0.494 e. The van der Waals surface area contributed by atoms with Crippen LogP contribution in [0.1, 0.15) is 30.7 Å². The Hall–Kier alpha value is -1.78. The lowest BCUT2D eigenvalue weighted by molar-refractivity contribution is 0.317. The van der Waals surface area contributed by atoms with Crippen molar-refractivity contribution < 1.29 is 9.15 Å². The van der Waals surface area contributed by atoms with Crippen LogP contribution >= 0.6 is 0 Å². The molecule has 1 unspecified atom stereocenters. The quantitative estimate of drug-likeness (QED) is 0.607. The number of ether oxygens (including phenoxy) is 1. The Morgan fingerprint density at radius 2 is 2.06 bits per heavy atom. The van der Waals surface area contributed by atoms with Gasteiger partial charge in [0.2, 0.25) is 0 Å². The second-order valence-corrected chi connectivity index (χ2v) is 4.03. The van der Waals surface area contributed by atoms with Crippen LogP contribution in [0, 0.1) is 0 Å². The molecule has 18 heavy (non-hydrogen) atoms. The molecule has 1 aromatic carbocycles. The first kappa shape index (κ1) is 12.7. The molecule has 2 aromatic rings. The van der Waals surface area contributed by atoms with Crippen molar-refractivity contribution in [1.29, 1.82) is 0 Å². The van der Waals surface area contributed by atoms with E-state index < -0.39 is 0 Å². The van der Waals surface area contributed by atoms with E-state index in [2.05, 4.69) is 12.3 Å². The number of rotatable bonds is 6. The molecule has 0 fully saturated rings. The summed E-state index contributed by atoms with van der Waals surface area (Å²) in [4.78, 5) is 0. The third-order valence-corrected chi connectivity index (χ3v) is 2.68. The van der Waals surface area contributed by atoms with E-state index >= 15 is 0 Å². The topological polar surface area (TPSA) is 60.4 Å². The molecule has 96 valence electrons. The fraction of sp³-hybridized carbons (Fsp3) is 0.286. The Labute approximate surface area is 107 Å². The lowest BCUT2D eigenvalue weighted by atomic mass is 10.1. The zero-order chi connectivity index (χ0) is 12.8. The minimum atomic E-state index is -0.139. The van der Waals surface area contributed by atoms with E-state index in [0.29, 0.717) is 0 Å². The molecule has 0 aliphatic rings. The third-order valence-electron chi connectivity index (χ3n) is 2.68. The molecular formula is C14H18N2O2. The number of furan rings is 1. The highest BCUT2D eigenvalue weighted by molar-refractivity contribution is 5.32. The van der Waals surface area contributed by atoms with Crippen molar-refractivity contribution in [1.82, 2.24) is 5.43 Å². The Morgan fingerprint density at radius 3 is 2.61 bits per heavy atom. The minimum absolute atomic E-state index is 0.139. The van der Waals surface area contributed by atoms with Gasteiger partial charge in [-0.3, -0.25) is 5.84 Å². The van der Waals surface area contributed by atoms with Crippen molar-refractivity contribution in [2.24, 2.45) is 5.84 Å². The average Bonchev–Trinajstić information content (AvgIpc) is 2.93. The van der Waals surface area contributed by atoms with Gasteiger partial charge in [0.25, 0.3) is 0 Å². The fourth-order valence-electron chi connectivity index (χ4n) is 1.77. The van der Waals surface area contributed by atoms with Crippen LogP contribution in [0.4, 0.5) is 0 Å². The summed E-state index contributed by atoms with van der Waals surface area (Å²) < 4.78 is 10.9. The maximum atomic E-state index is 5.57. The Kier molecular flexibility index (Phi) is 4.39. The highest BCUT2D eigenvalue weighted by atomic mass is 16.5. The normalized spacial score (nSPS) is 12.3. The summed E-state index contributed by atoms with van der Waals surface area (Å²) in [5, 5.41) is 0. The molecule has 0 radical (unpaired) electrons. The predicted octanol–water partition coefficient (Wildman–Crippen LogP) is 2.62. The molecule has 0 spiro atoms. The Balaban J connectivity index is 2.12. The van der Waals surface area contributed by atoms with E-state index in [1.165, 1.54) is 0 Å². The lowest BCUT2D eigenvalue weighted by Crippen LogP contribution is -2.28. The second-order valence-electron chi connectivity index (χ2n) is 4.03. The van der Waals surface area contributed by atoms with Crippen LogP contribution in [-0.4, -0.2) is 6.61 Å². The van der Waals surface area contributed by atoms with Gasteiger partial charge in [-0.05, 0) is 36.2 Å². The third kappa shape index (κ3) is 2.91. The molecular weight excluding hydrogens is 228 g/mol. The van der Waals surface area contributed by atoms with Crippen LogP contribution < -0.4 is 16.0 Å². The van der Waals surface area contributed by atoms with E-state index in [0.717, 1.165) is 30.1 Å². The lowest BCUT2D eigenvalue weighted by Gasteiger charge is -2.14. The molecule has 0 bridgehead atoms. The van der Waals surface area contributed by atoms with Crippen molar-refractivity contribution in [3.63, 3.8) is 0 Å². The van der Waals surface area contributed by atoms with Gasteiger partial charge in [-0.25, -0.2) is 5.43 Å². The van der Waals surface area contributed by atoms with Gasteiger partial charge >= 0.3 is 0 Å². The van der Waals surface area contributed by atoms with Crippen molar-refractivity contribution in [2.75, 3.05) is 6.61 Å². The molecule has 0 aliphatic heterocycles. The molecule has 2 rings (SSSR count). The van der Waals surface area contributed by atoms with Crippen molar-refractivity contribution in [3.05, 3.63) is 54.0 Å². The van der Waals surface area contributed by atoms with Crippen LogP contribution in [0.15, 0.2) is 47.1 Å². The summed E-state index contributed by atoms with van der Waals surface area (Å²) in [7, 11) is 0. The first-order valence-corrected chi connectivity index (χ1v) is 6.07. The van der Waals surface area contributed by atoms with Gasteiger partial charge in [0.05, 0.1) is 12.9 Å². The summed E-state index contributed by atoms with van der Waals surface area (Å²) in [6, 6.07) is 11.5. The first-order chi connectivity index (χ1) is 8.85. The summed E-state index contributed by atoms with van der Waals surface area (Å²) in [6.45, 7) is 2.82.